The van der Waals surface area contributed by atoms with E-state index in [0.717, 1.165) is 25.3 Å². The van der Waals surface area contributed by atoms with Crippen LogP contribution in [0.2, 0.25) is 0 Å². The molecule has 2 fully saturated rings. The van der Waals surface area contributed by atoms with E-state index in [0.29, 0.717) is 12.0 Å². The highest BCUT2D eigenvalue weighted by atomic mass is 32.2. The van der Waals surface area contributed by atoms with Crippen molar-refractivity contribution in [1.29, 1.82) is 0 Å². The molecule has 0 aromatic carbocycles. The molecule has 3 rings (SSSR count). The molecule has 1 N–H and O–H groups in total. The van der Waals surface area contributed by atoms with Crippen molar-refractivity contribution in [3.05, 3.63) is 22.6 Å². The summed E-state index contributed by atoms with van der Waals surface area (Å²) >= 11 is 4.14. The SMILES string of the molecule is Cn1ncc(N2CC[C@H](CNC3CSCCSC3)C2)cc1=O. The van der Waals surface area contributed by atoms with E-state index >= 15 is 0 Å². The van der Waals surface area contributed by atoms with Crippen LogP contribution >= 0.6 is 23.5 Å². The topological polar surface area (TPSA) is 50.2 Å². The zero-order chi connectivity index (χ0) is 15.4. The predicted octanol–water partition coefficient (Wildman–Crippen LogP) is 1.04. The van der Waals surface area contributed by atoms with Crippen molar-refractivity contribution in [1.82, 2.24) is 15.1 Å². The van der Waals surface area contributed by atoms with Gasteiger partial charge in [-0.25, -0.2) is 4.68 Å². The summed E-state index contributed by atoms with van der Waals surface area (Å²) in [5.41, 5.74) is 0.928. The zero-order valence-corrected chi connectivity index (χ0v) is 14.7. The standard InChI is InChI=1S/C15H24N4OS2/c1-18-15(20)6-14(8-17-18)19-3-2-12(9-19)7-16-13-10-21-4-5-22-11-13/h6,8,12-13,16H,2-5,7,9-11H2,1H3/t12-/m1/s1. The largest absolute Gasteiger partial charge is 0.370 e. The Bertz CT molecular complexity index is 543. The Kier molecular flexibility index (Phi) is 5.71. The highest BCUT2D eigenvalue weighted by Gasteiger charge is 2.24. The maximum Gasteiger partial charge on any atom is 0.268 e. The van der Waals surface area contributed by atoms with Crippen LogP contribution in [-0.4, -0.2) is 58.5 Å². The van der Waals surface area contributed by atoms with Gasteiger partial charge in [-0.1, -0.05) is 0 Å². The second-order valence-corrected chi connectivity index (χ2v) is 8.33. The van der Waals surface area contributed by atoms with Crippen LogP contribution in [0.4, 0.5) is 5.69 Å². The van der Waals surface area contributed by atoms with E-state index < -0.39 is 0 Å². The van der Waals surface area contributed by atoms with Gasteiger partial charge < -0.3 is 10.2 Å². The molecule has 2 aliphatic heterocycles. The first-order valence-corrected chi connectivity index (χ1v) is 10.2. The van der Waals surface area contributed by atoms with E-state index in [4.69, 9.17) is 0 Å². The van der Waals surface area contributed by atoms with E-state index in [-0.39, 0.29) is 5.56 Å². The molecule has 1 atom stereocenters. The lowest BCUT2D eigenvalue weighted by atomic mass is 10.1. The number of thioether (sulfide) groups is 2. The van der Waals surface area contributed by atoms with Crippen LogP contribution in [0.1, 0.15) is 6.42 Å². The zero-order valence-electron chi connectivity index (χ0n) is 13.0. The Morgan fingerprint density at radius 2 is 2.14 bits per heavy atom. The summed E-state index contributed by atoms with van der Waals surface area (Å²) in [6, 6.07) is 2.35. The van der Waals surface area contributed by atoms with Gasteiger partial charge in [0.1, 0.15) is 0 Å². The number of aromatic nitrogens is 2. The van der Waals surface area contributed by atoms with Crippen LogP contribution in [0.3, 0.4) is 0 Å². The Labute approximate surface area is 140 Å². The molecule has 0 unspecified atom stereocenters. The van der Waals surface area contributed by atoms with Gasteiger partial charge in [-0.05, 0) is 12.3 Å². The van der Waals surface area contributed by atoms with Crippen LogP contribution in [0, 0.1) is 5.92 Å². The van der Waals surface area contributed by atoms with Crippen LogP contribution < -0.4 is 15.8 Å². The molecule has 0 bridgehead atoms. The average Bonchev–Trinajstić information content (AvgIpc) is 2.83. The van der Waals surface area contributed by atoms with Crippen molar-refractivity contribution in [3.8, 4) is 0 Å². The highest BCUT2D eigenvalue weighted by molar-refractivity contribution is 8.03. The van der Waals surface area contributed by atoms with Crippen molar-refractivity contribution in [2.75, 3.05) is 47.5 Å². The second kappa shape index (κ2) is 7.75. The molecule has 7 heteroatoms. The van der Waals surface area contributed by atoms with E-state index in [1.807, 2.05) is 0 Å². The van der Waals surface area contributed by atoms with Gasteiger partial charge in [0.15, 0.2) is 0 Å². The molecule has 2 saturated heterocycles. The summed E-state index contributed by atoms with van der Waals surface area (Å²) in [7, 11) is 1.69. The summed E-state index contributed by atoms with van der Waals surface area (Å²) in [4.78, 5) is 14.0. The highest BCUT2D eigenvalue weighted by Crippen LogP contribution is 2.22. The third-order valence-corrected chi connectivity index (χ3v) is 6.83. The third kappa shape index (κ3) is 4.20. The van der Waals surface area contributed by atoms with Gasteiger partial charge in [-0.15, -0.1) is 0 Å². The normalized spacial score (nSPS) is 23.7. The molecule has 3 heterocycles. The first-order valence-electron chi connectivity index (χ1n) is 7.89. The van der Waals surface area contributed by atoms with Gasteiger partial charge in [0.05, 0.1) is 11.9 Å². The first-order chi connectivity index (χ1) is 10.7. The summed E-state index contributed by atoms with van der Waals surface area (Å²) in [5, 5.41) is 7.87. The number of aryl methyl sites for hydroxylation is 1. The molecule has 1 aromatic rings. The van der Waals surface area contributed by atoms with Crippen molar-refractivity contribution in [3.63, 3.8) is 0 Å². The third-order valence-electron chi connectivity index (χ3n) is 4.31. The summed E-state index contributed by atoms with van der Waals surface area (Å²) in [6.45, 7) is 3.13. The predicted molar refractivity (Wildman–Crippen MR) is 96.2 cm³/mol. The lowest BCUT2D eigenvalue weighted by Gasteiger charge is -2.20. The van der Waals surface area contributed by atoms with E-state index in [1.54, 1.807) is 19.3 Å². The Morgan fingerprint density at radius 1 is 1.36 bits per heavy atom. The van der Waals surface area contributed by atoms with Gasteiger partial charge in [0.25, 0.3) is 5.56 Å². The van der Waals surface area contributed by atoms with Gasteiger partial charge >= 0.3 is 0 Å². The Balaban J connectivity index is 1.49. The van der Waals surface area contributed by atoms with Gasteiger partial charge in [0.2, 0.25) is 0 Å². The van der Waals surface area contributed by atoms with E-state index in [9.17, 15) is 4.79 Å². The fourth-order valence-electron chi connectivity index (χ4n) is 2.93. The molecule has 0 amide bonds. The lowest BCUT2D eigenvalue weighted by molar-refractivity contribution is 0.486. The molecule has 0 aliphatic carbocycles. The molecular weight excluding hydrogens is 316 g/mol. The summed E-state index contributed by atoms with van der Waals surface area (Å²) < 4.78 is 1.38. The monoisotopic (exact) mass is 340 g/mol. The van der Waals surface area contributed by atoms with Crippen LogP contribution in [0.5, 0.6) is 0 Å². The molecule has 2 aliphatic rings. The molecule has 1 aromatic heterocycles. The summed E-state index contributed by atoms with van der Waals surface area (Å²) in [6.07, 6.45) is 2.99. The number of rotatable bonds is 4. The fraction of sp³-hybridized carbons (Fsp3) is 0.733. The first kappa shape index (κ1) is 16.2. The van der Waals surface area contributed by atoms with Crippen LogP contribution in [-0.2, 0) is 7.05 Å². The maximum atomic E-state index is 11.7. The number of hydrogen-bond donors (Lipinski definition) is 1. The quantitative estimate of drug-likeness (QED) is 0.884. The maximum absolute atomic E-state index is 11.7. The minimum atomic E-state index is -0.0356. The van der Waals surface area contributed by atoms with Gasteiger partial charge in [-0.2, -0.15) is 28.6 Å². The molecule has 0 radical (unpaired) electrons. The van der Waals surface area contributed by atoms with Crippen molar-refractivity contribution in [2.24, 2.45) is 13.0 Å². The van der Waals surface area contributed by atoms with Gasteiger partial charge in [0, 0.05) is 61.8 Å². The van der Waals surface area contributed by atoms with Crippen molar-refractivity contribution >= 4 is 29.2 Å². The fourth-order valence-corrected chi connectivity index (χ4v) is 5.40. The van der Waals surface area contributed by atoms with Crippen molar-refractivity contribution < 1.29 is 0 Å². The molecular formula is C15H24N4OS2. The Hall–Kier alpha value is -0.660. The minimum absolute atomic E-state index is 0.0356. The number of anilines is 1. The smallest absolute Gasteiger partial charge is 0.268 e. The van der Waals surface area contributed by atoms with Crippen molar-refractivity contribution in [2.45, 2.75) is 12.5 Å². The van der Waals surface area contributed by atoms with E-state index in [1.165, 1.54) is 34.1 Å². The van der Waals surface area contributed by atoms with Crippen LogP contribution in [0.15, 0.2) is 17.1 Å². The van der Waals surface area contributed by atoms with Gasteiger partial charge in [-0.3, -0.25) is 4.79 Å². The number of nitrogens with zero attached hydrogens (tertiary/aromatic N) is 3. The number of nitrogens with one attached hydrogen (secondary N) is 1. The molecule has 5 nitrogen and oxygen atoms in total. The lowest BCUT2D eigenvalue weighted by Crippen LogP contribution is -2.37. The Morgan fingerprint density at radius 3 is 2.86 bits per heavy atom. The second-order valence-electron chi connectivity index (χ2n) is 6.03. The molecule has 0 spiro atoms. The summed E-state index contributed by atoms with van der Waals surface area (Å²) in [5.74, 6) is 5.72. The van der Waals surface area contributed by atoms with Crippen LogP contribution in [0.25, 0.3) is 0 Å². The molecule has 22 heavy (non-hydrogen) atoms. The number of hydrogen-bond acceptors (Lipinski definition) is 6. The van der Waals surface area contributed by atoms with E-state index in [2.05, 4.69) is 38.8 Å². The molecule has 0 saturated carbocycles. The average molecular weight is 341 g/mol. The molecule has 122 valence electrons. The minimum Gasteiger partial charge on any atom is -0.370 e.